The van der Waals surface area contributed by atoms with Crippen molar-refractivity contribution < 1.29 is 9.59 Å². The molecule has 0 N–H and O–H groups in total. The lowest BCUT2D eigenvalue weighted by molar-refractivity contribution is -0.146. The molecule has 3 rings (SSSR count). The molecule has 0 spiro atoms. The predicted octanol–water partition coefficient (Wildman–Crippen LogP) is 3.00. The van der Waals surface area contributed by atoms with Gasteiger partial charge in [-0.3, -0.25) is 9.59 Å². The first-order valence-electron chi connectivity index (χ1n) is 6.83. The molecular formula is C16H19NO2. The Kier molecular flexibility index (Phi) is 2.40. The molecule has 3 heteroatoms. The van der Waals surface area contributed by atoms with E-state index in [1.54, 1.807) is 0 Å². The molecule has 19 heavy (non-hydrogen) atoms. The van der Waals surface area contributed by atoms with Gasteiger partial charge in [-0.1, -0.05) is 39.0 Å². The Bertz CT molecular complexity index is 549. The molecule has 0 aromatic heterocycles. The van der Waals surface area contributed by atoms with Gasteiger partial charge in [-0.25, -0.2) is 4.90 Å². The molecule has 1 aromatic carbocycles. The molecule has 1 aliphatic carbocycles. The summed E-state index contributed by atoms with van der Waals surface area (Å²) in [7, 11) is 0. The summed E-state index contributed by atoms with van der Waals surface area (Å²) in [6, 6.07) is 9.27. The average Bonchev–Trinajstić information content (AvgIpc) is 2.56. The first-order valence-corrected chi connectivity index (χ1v) is 6.83. The van der Waals surface area contributed by atoms with Crippen LogP contribution in [-0.4, -0.2) is 11.8 Å². The quantitative estimate of drug-likeness (QED) is 0.725. The first kappa shape index (κ1) is 12.4. The summed E-state index contributed by atoms with van der Waals surface area (Å²) in [6.07, 6.45) is 1.62. The molecule has 3 nitrogen and oxygen atoms in total. The van der Waals surface area contributed by atoms with E-state index in [-0.39, 0.29) is 23.1 Å². The van der Waals surface area contributed by atoms with Crippen LogP contribution in [0.3, 0.4) is 0 Å². The van der Waals surface area contributed by atoms with E-state index in [2.05, 4.69) is 13.8 Å². The highest BCUT2D eigenvalue weighted by atomic mass is 16.2. The number of nitrogens with zero attached hydrogens (tertiary/aromatic N) is 1. The summed E-state index contributed by atoms with van der Waals surface area (Å²) >= 11 is 0. The Hall–Kier alpha value is -1.64. The van der Waals surface area contributed by atoms with Crippen LogP contribution in [0.2, 0.25) is 0 Å². The molecule has 1 saturated carbocycles. The van der Waals surface area contributed by atoms with Crippen molar-refractivity contribution in [2.24, 2.45) is 16.7 Å². The summed E-state index contributed by atoms with van der Waals surface area (Å²) in [4.78, 5) is 26.9. The van der Waals surface area contributed by atoms with Crippen molar-refractivity contribution in [3.8, 4) is 0 Å². The van der Waals surface area contributed by atoms with Crippen LogP contribution >= 0.6 is 0 Å². The first-order chi connectivity index (χ1) is 8.89. The van der Waals surface area contributed by atoms with E-state index in [9.17, 15) is 9.59 Å². The Morgan fingerprint density at radius 1 is 1.11 bits per heavy atom. The Labute approximate surface area is 113 Å². The SMILES string of the molecule is CC1(C)[C@@H]2CC[C@]1(C)C(=O)N(c1ccccc1)C2=O. The van der Waals surface area contributed by atoms with E-state index in [0.29, 0.717) is 5.69 Å². The molecule has 100 valence electrons. The van der Waals surface area contributed by atoms with Gasteiger partial charge in [-0.05, 0) is 30.4 Å². The maximum atomic E-state index is 12.8. The minimum Gasteiger partial charge on any atom is -0.274 e. The number of carbonyl (C=O) groups excluding carboxylic acids is 2. The van der Waals surface area contributed by atoms with E-state index in [1.165, 1.54) is 4.90 Å². The number of rotatable bonds is 1. The molecule has 2 bridgehead atoms. The van der Waals surface area contributed by atoms with Gasteiger partial charge in [0.15, 0.2) is 0 Å². The number of imide groups is 1. The highest BCUT2D eigenvalue weighted by Gasteiger charge is 2.64. The fourth-order valence-electron chi connectivity index (χ4n) is 3.64. The molecule has 1 heterocycles. The van der Waals surface area contributed by atoms with E-state index in [4.69, 9.17) is 0 Å². The van der Waals surface area contributed by atoms with Gasteiger partial charge in [-0.15, -0.1) is 0 Å². The molecule has 0 radical (unpaired) electrons. The number of hydrogen-bond acceptors (Lipinski definition) is 2. The monoisotopic (exact) mass is 257 g/mol. The van der Waals surface area contributed by atoms with Gasteiger partial charge in [-0.2, -0.15) is 0 Å². The molecule has 2 fully saturated rings. The van der Waals surface area contributed by atoms with E-state index < -0.39 is 5.41 Å². The van der Waals surface area contributed by atoms with Crippen molar-refractivity contribution in [1.29, 1.82) is 0 Å². The highest BCUT2D eigenvalue weighted by molar-refractivity contribution is 6.20. The summed E-state index contributed by atoms with van der Waals surface area (Å²) in [5, 5.41) is 0. The standard InChI is InChI=1S/C16H19NO2/c1-15(2)12-9-10-16(15,3)14(19)17(13(12)18)11-7-5-4-6-8-11/h4-8,12H,9-10H2,1-3H3/t12-,16-/m1/s1. The second-order valence-corrected chi connectivity index (χ2v) is 6.46. The Morgan fingerprint density at radius 3 is 2.37 bits per heavy atom. The zero-order chi connectivity index (χ0) is 13.8. The van der Waals surface area contributed by atoms with Gasteiger partial charge in [0.2, 0.25) is 11.8 Å². The van der Waals surface area contributed by atoms with E-state index >= 15 is 0 Å². The fraction of sp³-hybridized carbons (Fsp3) is 0.500. The number of carbonyl (C=O) groups is 2. The largest absolute Gasteiger partial charge is 0.274 e. The molecule has 1 aromatic rings. The third kappa shape index (κ3) is 1.38. The third-order valence-electron chi connectivity index (χ3n) is 5.43. The van der Waals surface area contributed by atoms with Crippen LogP contribution < -0.4 is 4.90 Å². The van der Waals surface area contributed by atoms with Crippen molar-refractivity contribution in [3.63, 3.8) is 0 Å². The fourth-order valence-corrected chi connectivity index (χ4v) is 3.64. The minimum absolute atomic E-state index is 0.0313. The zero-order valence-corrected chi connectivity index (χ0v) is 11.6. The molecule has 2 atom stereocenters. The van der Waals surface area contributed by atoms with Crippen molar-refractivity contribution in [2.45, 2.75) is 33.6 Å². The van der Waals surface area contributed by atoms with Gasteiger partial charge >= 0.3 is 0 Å². The molecule has 1 saturated heterocycles. The van der Waals surface area contributed by atoms with Crippen LogP contribution in [0.1, 0.15) is 33.6 Å². The maximum absolute atomic E-state index is 12.8. The topological polar surface area (TPSA) is 37.4 Å². The molecule has 1 aliphatic heterocycles. The number of amides is 2. The lowest BCUT2D eigenvalue weighted by Crippen LogP contribution is -2.59. The maximum Gasteiger partial charge on any atom is 0.240 e. The van der Waals surface area contributed by atoms with Crippen molar-refractivity contribution >= 4 is 17.5 Å². The number of hydrogen-bond donors (Lipinski definition) is 0. The smallest absolute Gasteiger partial charge is 0.240 e. The van der Waals surface area contributed by atoms with Gasteiger partial charge in [0.1, 0.15) is 0 Å². The van der Waals surface area contributed by atoms with Crippen molar-refractivity contribution in [2.75, 3.05) is 4.90 Å². The highest BCUT2D eigenvalue weighted by Crippen LogP contribution is 2.60. The summed E-state index contributed by atoms with van der Waals surface area (Å²) in [5.41, 5.74) is 0.0274. The van der Waals surface area contributed by atoms with Crippen LogP contribution in [0.15, 0.2) is 30.3 Å². The zero-order valence-electron chi connectivity index (χ0n) is 11.6. The van der Waals surface area contributed by atoms with Gasteiger partial charge in [0.25, 0.3) is 0 Å². The summed E-state index contributed by atoms with van der Waals surface area (Å²) < 4.78 is 0. The van der Waals surface area contributed by atoms with Crippen LogP contribution in [0.25, 0.3) is 0 Å². The minimum atomic E-state index is -0.429. The lowest BCUT2D eigenvalue weighted by Gasteiger charge is -2.47. The molecule has 2 amide bonds. The number of benzene rings is 1. The van der Waals surface area contributed by atoms with Gasteiger partial charge < -0.3 is 0 Å². The second kappa shape index (κ2) is 3.69. The number of piperidine rings is 1. The van der Waals surface area contributed by atoms with Crippen molar-refractivity contribution in [3.05, 3.63) is 30.3 Å². The van der Waals surface area contributed by atoms with Gasteiger partial charge in [0.05, 0.1) is 11.1 Å². The predicted molar refractivity (Wildman–Crippen MR) is 73.5 cm³/mol. The van der Waals surface area contributed by atoms with Crippen molar-refractivity contribution in [1.82, 2.24) is 0 Å². The van der Waals surface area contributed by atoms with E-state index in [0.717, 1.165) is 12.8 Å². The molecular weight excluding hydrogens is 238 g/mol. The number of para-hydroxylation sites is 1. The molecule has 0 unspecified atom stereocenters. The summed E-state index contributed by atoms with van der Waals surface area (Å²) in [6.45, 7) is 6.13. The molecule has 2 aliphatic rings. The summed E-state index contributed by atoms with van der Waals surface area (Å²) in [5.74, 6) is -0.117. The van der Waals surface area contributed by atoms with Crippen LogP contribution in [0.4, 0.5) is 5.69 Å². The lowest BCUT2D eigenvalue weighted by atomic mass is 9.62. The number of fused-ring (bicyclic) bond motifs is 2. The third-order valence-corrected chi connectivity index (χ3v) is 5.43. The average molecular weight is 257 g/mol. The number of anilines is 1. The van der Waals surface area contributed by atoms with Gasteiger partial charge in [0, 0.05) is 5.92 Å². The van der Waals surface area contributed by atoms with Crippen LogP contribution in [-0.2, 0) is 9.59 Å². The Morgan fingerprint density at radius 2 is 1.74 bits per heavy atom. The van der Waals surface area contributed by atoms with Crippen LogP contribution in [0.5, 0.6) is 0 Å². The van der Waals surface area contributed by atoms with E-state index in [1.807, 2.05) is 37.3 Å². The second-order valence-electron chi connectivity index (χ2n) is 6.46. The normalized spacial score (nSPS) is 32.8. The van der Waals surface area contributed by atoms with Crippen LogP contribution in [0, 0.1) is 16.7 Å². The Balaban J connectivity index is 2.12.